The fourth-order valence-corrected chi connectivity index (χ4v) is 4.13. The normalized spacial score (nSPS) is 22.5. The van der Waals surface area contributed by atoms with Gasteiger partial charge >= 0.3 is 0 Å². The Hall–Kier alpha value is -2.56. The molecular weight excluding hydrogens is 435 g/mol. The van der Waals surface area contributed by atoms with E-state index >= 15 is 8.78 Å². The zero-order chi connectivity index (χ0) is 21.8. The average Bonchev–Trinajstić information content (AvgIpc) is 3.21. The van der Waals surface area contributed by atoms with E-state index in [1.807, 2.05) is 0 Å². The Kier molecular flexibility index (Phi) is 5.14. The first-order valence-electron chi connectivity index (χ1n) is 7.66. The van der Waals surface area contributed by atoms with Gasteiger partial charge in [-0.15, -0.1) is 11.3 Å². The summed E-state index contributed by atoms with van der Waals surface area (Å²) in [5.74, 6) is -21.5. The topological polar surface area (TPSA) is 17.1 Å². The van der Waals surface area contributed by atoms with E-state index in [1.165, 1.54) is 0 Å². The van der Waals surface area contributed by atoms with Gasteiger partial charge in [-0.25, -0.2) is 39.5 Å². The number of Topliss-reactive ketones (excluding diaryl/α,β-unsaturated/α-hetero) is 1. The molecule has 0 spiro atoms. The van der Waals surface area contributed by atoms with Crippen LogP contribution in [0.4, 0.5) is 39.5 Å². The number of carbonyl (C=O) groups is 1. The highest BCUT2D eigenvalue weighted by Gasteiger charge is 2.59. The minimum absolute atomic E-state index is 0.351. The lowest BCUT2D eigenvalue weighted by molar-refractivity contribution is -0.113. The first-order valence-corrected chi connectivity index (χ1v) is 8.54. The quantitative estimate of drug-likeness (QED) is 0.322. The third-order valence-corrected chi connectivity index (χ3v) is 5.47. The molecule has 2 aromatic rings. The summed E-state index contributed by atoms with van der Waals surface area (Å²) in [5, 5.41) is 1.10. The summed E-state index contributed by atoms with van der Waals surface area (Å²) >= 11 is 0.351. The van der Waals surface area contributed by atoms with Crippen molar-refractivity contribution in [3.8, 4) is 0 Å². The Morgan fingerprint density at radius 1 is 0.931 bits per heavy atom. The summed E-state index contributed by atoms with van der Waals surface area (Å²) in [6, 6.07) is 1.88. The van der Waals surface area contributed by atoms with Gasteiger partial charge in [-0.2, -0.15) is 0 Å². The van der Waals surface area contributed by atoms with Crippen LogP contribution in [0.2, 0.25) is 0 Å². The number of hydrogen-bond donors (Lipinski definition) is 0. The molecule has 1 aliphatic rings. The smallest absolute Gasteiger partial charge is 0.200 e. The van der Waals surface area contributed by atoms with Gasteiger partial charge in [0.1, 0.15) is 11.2 Å². The lowest BCUT2D eigenvalue weighted by atomic mass is 9.69. The number of allylic oxidation sites excluding steroid dienone is 4. The van der Waals surface area contributed by atoms with Crippen LogP contribution < -0.4 is 0 Å². The van der Waals surface area contributed by atoms with Crippen LogP contribution in [0.25, 0.3) is 0 Å². The van der Waals surface area contributed by atoms with E-state index in [-0.39, 0.29) is 0 Å². The summed E-state index contributed by atoms with van der Waals surface area (Å²) in [6.07, 6.45) is -3.51. The van der Waals surface area contributed by atoms with Crippen LogP contribution in [0.3, 0.4) is 0 Å². The molecule has 0 amide bonds. The maximum Gasteiger partial charge on any atom is 0.200 e. The van der Waals surface area contributed by atoms with Gasteiger partial charge in [-0.05, 0) is 18.4 Å². The fourth-order valence-electron chi connectivity index (χ4n) is 3.19. The van der Waals surface area contributed by atoms with Crippen molar-refractivity contribution >= 4 is 17.1 Å². The number of carbonyl (C=O) groups excluding carboxylic acids is 1. The van der Waals surface area contributed by atoms with E-state index in [0.717, 1.165) is 17.5 Å². The van der Waals surface area contributed by atoms with Gasteiger partial charge < -0.3 is 0 Å². The average molecular weight is 442 g/mol. The Morgan fingerprint density at radius 3 is 1.90 bits per heavy atom. The van der Waals surface area contributed by atoms with Crippen molar-refractivity contribution in [2.75, 3.05) is 0 Å². The largest absolute Gasteiger partial charge is 0.294 e. The molecule has 2 atom stereocenters. The number of alkyl halides is 1. The van der Waals surface area contributed by atoms with Gasteiger partial charge in [0.15, 0.2) is 46.9 Å². The molecule has 1 aromatic carbocycles. The van der Waals surface area contributed by atoms with Crippen LogP contribution in [0.1, 0.15) is 17.4 Å². The van der Waals surface area contributed by atoms with Crippen molar-refractivity contribution in [1.82, 2.24) is 0 Å². The predicted octanol–water partition coefficient (Wildman–Crippen LogP) is 6.04. The maximum atomic E-state index is 15.2. The molecule has 0 N–H and O–H groups in total. The standard InChI is InChI=1S/C18H7F9OS/c1-5(28)7-9(19)16(26)18(17(27)10(7)20,6-3-2-4-29-6)8-11(21)13(23)15(25)14(24)12(8)22/h2-4,16H,1H3. The van der Waals surface area contributed by atoms with Gasteiger partial charge in [-0.3, -0.25) is 4.79 Å². The molecule has 0 saturated heterocycles. The van der Waals surface area contributed by atoms with Crippen LogP contribution in [-0.2, 0) is 10.2 Å². The van der Waals surface area contributed by atoms with Gasteiger partial charge in [-0.1, -0.05) is 6.07 Å². The summed E-state index contributed by atoms with van der Waals surface area (Å²) < 4.78 is 129. The minimum atomic E-state index is -3.72. The molecule has 3 rings (SSSR count). The highest BCUT2D eigenvalue weighted by atomic mass is 32.1. The zero-order valence-electron chi connectivity index (χ0n) is 14.0. The minimum Gasteiger partial charge on any atom is -0.294 e. The van der Waals surface area contributed by atoms with E-state index in [0.29, 0.717) is 18.3 Å². The number of rotatable bonds is 3. The molecule has 0 radical (unpaired) electrons. The van der Waals surface area contributed by atoms with Gasteiger partial charge in [0.25, 0.3) is 0 Å². The maximum absolute atomic E-state index is 15.2. The highest BCUT2D eigenvalue weighted by molar-refractivity contribution is 7.10. The van der Waals surface area contributed by atoms with Crippen molar-refractivity contribution in [2.24, 2.45) is 0 Å². The molecule has 1 aliphatic carbocycles. The number of thiophene rings is 1. The first kappa shape index (κ1) is 21.2. The number of ketones is 1. The lowest BCUT2D eigenvalue weighted by Gasteiger charge is -2.38. The molecule has 0 aliphatic heterocycles. The van der Waals surface area contributed by atoms with Crippen molar-refractivity contribution in [2.45, 2.75) is 18.5 Å². The predicted molar refractivity (Wildman–Crippen MR) is 84.3 cm³/mol. The van der Waals surface area contributed by atoms with Crippen LogP contribution in [0.5, 0.6) is 0 Å². The third kappa shape index (κ3) is 2.66. The summed E-state index contributed by atoms with van der Waals surface area (Å²) in [5.41, 5.74) is -7.49. The van der Waals surface area contributed by atoms with E-state index < -0.39 is 80.0 Å². The van der Waals surface area contributed by atoms with Gasteiger partial charge in [0.2, 0.25) is 5.82 Å². The van der Waals surface area contributed by atoms with Gasteiger partial charge in [0.05, 0.1) is 11.1 Å². The van der Waals surface area contributed by atoms with E-state index in [1.54, 1.807) is 0 Å². The Bertz CT molecular complexity index is 1060. The fraction of sp³-hybridized carbons (Fsp3) is 0.167. The molecule has 0 bridgehead atoms. The highest BCUT2D eigenvalue weighted by Crippen LogP contribution is 2.55. The monoisotopic (exact) mass is 442 g/mol. The lowest BCUT2D eigenvalue weighted by Crippen LogP contribution is -2.44. The van der Waals surface area contributed by atoms with Crippen molar-refractivity contribution in [3.05, 3.63) is 80.1 Å². The van der Waals surface area contributed by atoms with Crippen LogP contribution in [0.15, 0.2) is 40.6 Å². The summed E-state index contributed by atoms with van der Waals surface area (Å²) in [7, 11) is 0. The zero-order valence-corrected chi connectivity index (χ0v) is 14.8. The van der Waals surface area contributed by atoms with Crippen molar-refractivity contribution in [1.29, 1.82) is 0 Å². The van der Waals surface area contributed by atoms with E-state index in [4.69, 9.17) is 0 Å². The Balaban J connectivity index is 2.56. The summed E-state index contributed by atoms with van der Waals surface area (Å²) in [6.45, 7) is 0.574. The molecule has 1 aromatic heterocycles. The first-order chi connectivity index (χ1) is 13.5. The molecule has 1 nitrogen and oxygen atoms in total. The van der Waals surface area contributed by atoms with Crippen LogP contribution >= 0.6 is 11.3 Å². The second kappa shape index (κ2) is 7.05. The molecule has 0 fully saturated rings. The van der Waals surface area contributed by atoms with Crippen molar-refractivity contribution < 1.29 is 44.3 Å². The molecule has 154 valence electrons. The SMILES string of the molecule is CC(=O)C1=C(F)C(F)C(c2cccs2)(c2c(F)c(F)c(F)c(F)c2F)C(F)=C1F. The van der Waals surface area contributed by atoms with E-state index in [9.17, 15) is 35.5 Å². The number of hydrogen-bond acceptors (Lipinski definition) is 2. The number of halogens is 9. The van der Waals surface area contributed by atoms with Crippen LogP contribution in [-0.4, -0.2) is 12.0 Å². The molecular formula is C18H7F9OS. The van der Waals surface area contributed by atoms with Crippen molar-refractivity contribution in [3.63, 3.8) is 0 Å². The third-order valence-electron chi connectivity index (χ3n) is 4.47. The Morgan fingerprint density at radius 2 is 1.45 bits per heavy atom. The Labute approximate surface area is 160 Å². The molecule has 1 heterocycles. The second-order valence-corrected chi connectivity index (χ2v) is 6.95. The van der Waals surface area contributed by atoms with Crippen LogP contribution in [0, 0.1) is 29.1 Å². The van der Waals surface area contributed by atoms with E-state index in [2.05, 4.69) is 0 Å². The molecule has 11 heteroatoms. The summed E-state index contributed by atoms with van der Waals surface area (Å²) in [4.78, 5) is 10.6. The molecule has 0 saturated carbocycles. The molecule has 29 heavy (non-hydrogen) atoms. The van der Waals surface area contributed by atoms with Gasteiger partial charge in [0, 0.05) is 4.88 Å². The molecule has 2 unspecified atom stereocenters. The number of benzene rings is 1. The second-order valence-electron chi connectivity index (χ2n) is 6.00.